The van der Waals surface area contributed by atoms with Gasteiger partial charge in [0.05, 0.1) is 20.6 Å². The summed E-state index contributed by atoms with van der Waals surface area (Å²) in [4.78, 5) is 4.53. The molecule has 3 aromatic rings. The van der Waals surface area contributed by atoms with E-state index in [1.807, 2.05) is 24.3 Å². The van der Waals surface area contributed by atoms with Gasteiger partial charge in [-0.05, 0) is 24.3 Å². The lowest BCUT2D eigenvalue weighted by molar-refractivity contribution is 0.604. The molecule has 0 radical (unpaired) electrons. The Balaban J connectivity index is 1.90. The molecule has 0 fully saturated rings. The zero-order chi connectivity index (χ0) is 14.1. The summed E-state index contributed by atoms with van der Waals surface area (Å²) in [5.74, 6) is -0.291. The highest BCUT2D eigenvalue weighted by Crippen LogP contribution is 2.34. The van der Waals surface area contributed by atoms with Crippen molar-refractivity contribution in [2.75, 3.05) is 0 Å². The quantitative estimate of drug-likeness (QED) is 0.537. The maximum absolute atomic E-state index is 13.9. The van der Waals surface area contributed by atoms with Crippen LogP contribution in [-0.4, -0.2) is 4.98 Å². The molecule has 1 heterocycles. The number of para-hydroxylation sites is 1. The van der Waals surface area contributed by atoms with Crippen LogP contribution in [0.1, 0.15) is 15.9 Å². The molecule has 0 aliphatic carbocycles. The zero-order valence-corrected chi connectivity index (χ0v) is 13.5. The lowest BCUT2D eigenvalue weighted by Gasteiger charge is -2.11. The van der Waals surface area contributed by atoms with E-state index in [9.17, 15) is 4.39 Å². The topological polar surface area (TPSA) is 12.9 Å². The highest BCUT2D eigenvalue weighted by molar-refractivity contribution is 9.10. The predicted octanol–water partition coefficient (Wildman–Crippen LogP) is 5.72. The Morgan fingerprint density at radius 1 is 1.20 bits per heavy atom. The molecule has 1 nitrogen and oxygen atoms in total. The lowest BCUT2D eigenvalue weighted by Crippen LogP contribution is -2.00. The normalized spacial score (nSPS) is 12.8. The molecule has 5 heteroatoms. The van der Waals surface area contributed by atoms with Crippen molar-refractivity contribution in [2.45, 2.75) is 11.8 Å². The molecule has 2 aromatic carbocycles. The van der Waals surface area contributed by atoms with E-state index < -0.39 is 5.38 Å². The molecule has 0 aliphatic heterocycles. The summed E-state index contributed by atoms with van der Waals surface area (Å²) in [7, 11) is 0. The number of hydrogen-bond donors (Lipinski definition) is 0. The molecule has 3 rings (SSSR count). The first-order valence-electron chi connectivity index (χ1n) is 6.07. The van der Waals surface area contributed by atoms with Crippen molar-refractivity contribution in [1.29, 1.82) is 0 Å². The first kappa shape index (κ1) is 14.0. The molecular weight excluding hydrogens is 361 g/mol. The van der Waals surface area contributed by atoms with Gasteiger partial charge >= 0.3 is 0 Å². The maximum Gasteiger partial charge on any atom is 0.129 e. The van der Waals surface area contributed by atoms with Crippen LogP contribution in [0.25, 0.3) is 10.2 Å². The zero-order valence-electron chi connectivity index (χ0n) is 10.3. The van der Waals surface area contributed by atoms with Gasteiger partial charge < -0.3 is 0 Å². The SMILES string of the molecule is Fc1cccc(Br)c1C(Cl)Cc1nc2ccccc2s1. The second-order valence-electron chi connectivity index (χ2n) is 4.38. The third kappa shape index (κ3) is 2.73. The predicted molar refractivity (Wildman–Crippen MR) is 86.0 cm³/mol. The number of halogens is 3. The van der Waals surface area contributed by atoms with Gasteiger partial charge in [-0.25, -0.2) is 9.37 Å². The van der Waals surface area contributed by atoms with Crippen LogP contribution < -0.4 is 0 Å². The molecule has 102 valence electrons. The standard InChI is InChI=1S/C15H10BrClFNS/c16-9-4-3-5-11(18)15(9)10(17)8-14-19-12-6-1-2-7-13(12)20-14/h1-7,10H,8H2. The molecule has 0 aliphatic rings. The van der Waals surface area contributed by atoms with Gasteiger partial charge in [-0.2, -0.15) is 0 Å². The van der Waals surface area contributed by atoms with E-state index in [-0.39, 0.29) is 5.82 Å². The van der Waals surface area contributed by atoms with Crippen molar-refractivity contribution in [2.24, 2.45) is 0 Å². The molecule has 0 saturated heterocycles. The molecule has 1 atom stereocenters. The molecule has 20 heavy (non-hydrogen) atoms. The fourth-order valence-corrected chi connectivity index (χ4v) is 4.29. The number of alkyl halides is 1. The fourth-order valence-electron chi connectivity index (χ4n) is 2.07. The highest BCUT2D eigenvalue weighted by Gasteiger charge is 2.18. The maximum atomic E-state index is 13.9. The molecule has 0 bridgehead atoms. The average molecular weight is 371 g/mol. The molecule has 0 amide bonds. The third-order valence-corrected chi connectivity index (χ3v) is 5.13. The van der Waals surface area contributed by atoms with Gasteiger partial charge in [0.2, 0.25) is 0 Å². The number of aromatic nitrogens is 1. The van der Waals surface area contributed by atoms with Crippen LogP contribution in [-0.2, 0) is 6.42 Å². The van der Waals surface area contributed by atoms with Gasteiger partial charge in [-0.15, -0.1) is 22.9 Å². The van der Waals surface area contributed by atoms with E-state index in [1.165, 1.54) is 6.07 Å². The Morgan fingerprint density at radius 3 is 2.75 bits per heavy atom. The minimum atomic E-state index is -0.439. The van der Waals surface area contributed by atoms with Crippen molar-refractivity contribution in [3.8, 4) is 0 Å². The molecule has 0 saturated carbocycles. The molecule has 1 unspecified atom stereocenters. The Labute approximate surface area is 133 Å². The summed E-state index contributed by atoms with van der Waals surface area (Å²) >= 11 is 11.3. The Hall–Kier alpha value is -0.970. The highest BCUT2D eigenvalue weighted by atomic mass is 79.9. The Bertz CT molecular complexity index is 705. The van der Waals surface area contributed by atoms with Crippen LogP contribution in [0.15, 0.2) is 46.9 Å². The van der Waals surface area contributed by atoms with Gasteiger partial charge in [0.1, 0.15) is 5.82 Å². The van der Waals surface area contributed by atoms with Crippen LogP contribution in [0, 0.1) is 5.82 Å². The number of fused-ring (bicyclic) bond motifs is 1. The summed E-state index contributed by atoms with van der Waals surface area (Å²) in [5, 5.41) is 0.479. The smallest absolute Gasteiger partial charge is 0.129 e. The van der Waals surface area contributed by atoms with Crippen molar-refractivity contribution in [3.05, 3.63) is 63.3 Å². The van der Waals surface area contributed by atoms with Crippen LogP contribution in [0.4, 0.5) is 4.39 Å². The summed E-state index contributed by atoms with van der Waals surface area (Å²) < 4.78 is 15.7. The first-order valence-corrected chi connectivity index (χ1v) is 8.12. The Kier molecular flexibility index (Phi) is 4.06. The average Bonchev–Trinajstić information content (AvgIpc) is 2.80. The summed E-state index contributed by atoms with van der Waals surface area (Å²) in [6.45, 7) is 0. The van der Waals surface area contributed by atoms with Crippen LogP contribution in [0.3, 0.4) is 0 Å². The second kappa shape index (κ2) is 5.80. The first-order chi connectivity index (χ1) is 9.65. The third-order valence-electron chi connectivity index (χ3n) is 3.00. The number of nitrogens with zero attached hydrogens (tertiary/aromatic N) is 1. The number of thiazole rings is 1. The summed E-state index contributed by atoms with van der Waals surface area (Å²) in [5.41, 5.74) is 1.46. The molecule has 0 N–H and O–H groups in total. The number of benzene rings is 2. The lowest BCUT2D eigenvalue weighted by atomic mass is 10.1. The largest absolute Gasteiger partial charge is 0.241 e. The van der Waals surface area contributed by atoms with Crippen molar-refractivity contribution >= 4 is 49.1 Å². The summed E-state index contributed by atoms with van der Waals surface area (Å²) in [6, 6.07) is 12.8. The Morgan fingerprint density at radius 2 is 2.00 bits per heavy atom. The van der Waals surface area contributed by atoms with Gasteiger partial charge in [-0.3, -0.25) is 0 Å². The monoisotopic (exact) mass is 369 g/mol. The van der Waals surface area contributed by atoms with Gasteiger partial charge in [0, 0.05) is 16.5 Å². The molecule has 1 aromatic heterocycles. The fraction of sp³-hybridized carbons (Fsp3) is 0.133. The van der Waals surface area contributed by atoms with Gasteiger partial charge in [0.25, 0.3) is 0 Å². The van der Waals surface area contributed by atoms with Crippen LogP contribution in [0.5, 0.6) is 0 Å². The van der Waals surface area contributed by atoms with Crippen LogP contribution in [0.2, 0.25) is 0 Å². The molecular formula is C15H10BrClFNS. The second-order valence-corrected chi connectivity index (χ2v) is 6.88. The van der Waals surface area contributed by atoms with E-state index in [1.54, 1.807) is 23.5 Å². The summed E-state index contributed by atoms with van der Waals surface area (Å²) in [6.07, 6.45) is 0.514. The van der Waals surface area contributed by atoms with Gasteiger partial charge in [0.15, 0.2) is 0 Å². The van der Waals surface area contributed by atoms with E-state index in [0.717, 1.165) is 15.2 Å². The van der Waals surface area contributed by atoms with Gasteiger partial charge in [-0.1, -0.05) is 34.1 Å². The van der Waals surface area contributed by atoms with E-state index in [4.69, 9.17) is 11.6 Å². The van der Waals surface area contributed by atoms with Crippen LogP contribution >= 0.6 is 38.9 Å². The number of hydrogen-bond acceptors (Lipinski definition) is 2. The van der Waals surface area contributed by atoms with E-state index in [2.05, 4.69) is 20.9 Å². The number of rotatable bonds is 3. The van der Waals surface area contributed by atoms with E-state index in [0.29, 0.717) is 16.5 Å². The van der Waals surface area contributed by atoms with Crippen molar-refractivity contribution < 1.29 is 4.39 Å². The van der Waals surface area contributed by atoms with Crippen molar-refractivity contribution in [1.82, 2.24) is 4.98 Å². The minimum absolute atomic E-state index is 0.291. The minimum Gasteiger partial charge on any atom is -0.241 e. The van der Waals surface area contributed by atoms with Crippen molar-refractivity contribution in [3.63, 3.8) is 0 Å². The van der Waals surface area contributed by atoms with E-state index >= 15 is 0 Å². The molecule has 0 spiro atoms.